The molecule has 3 heteroatoms. The first-order valence-electron chi connectivity index (χ1n) is 6.97. The average Bonchev–Trinajstić information content (AvgIpc) is 2.79. The summed E-state index contributed by atoms with van der Waals surface area (Å²) in [5, 5.41) is 7.87. The van der Waals surface area contributed by atoms with Gasteiger partial charge < -0.3 is 5.32 Å². The molecule has 1 aromatic heterocycles. The zero-order valence-corrected chi connectivity index (χ0v) is 11.7. The summed E-state index contributed by atoms with van der Waals surface area (Å²) in [5.41, 5.74) is 1.34. The molecule has 1 rings (SSSR count). The maximum absolute atomic E-state index is 4.38. The Hall–Kier alpha value is -0.830. The lowest BCUT2D eigenvalue weighted by Gasteiger charge is -2.27. The van der Waals surface area contributed by atoms with Gasteiger partial charge in [-0.15, -0.1) is 0 Å². The molecule has 0 fully saturated rings. The molecule has 0 amide bonds. The molecule has 0 aliphatic carbocycles. The van der Waals surface area contributed by atoms with Crippen molar-refractivity contribution < 1.29 is 0 Å². The molecule has 3 nitrogen and oxygen atoms in total. The molecule has 0 aliphatic heterocycles. The van der Waals surface area contributed by atoms with Gasteiger partial charge in [0.2, 0.25) is 0 Å². The minimum Gasteiger partial charge on any atom is -0.311 e. The van der Waals surface area contributed by atoms with Crippen LogP contribution in [0.2, 0.25) is 0 Å². The molecule has 1 atom stereocenters. The van der Waals surface area contributed by atoms with E-state index in [1.807, 2.05) is 6.20 Å². The molecular formula is C14H27N3. The van der Waals surface area contributed by atoms with Gasteiger partial charge in [0, 0.05) is 12.7 Å². The summed E-state index contributed by atoms with van der Waals surface area (Å²) in [6.07, 6.45) is 6.99. The number of nitrogens with one attached hydrogen (secondary N) is 1. The first-order valence-corrected chi connectivity index (χ1v) is 6.97. The van der Waals surface area contributed by atoms with Crippen molar-refractivity contribution in [1.82, 2.24) is 15.1 Å². The molecule has 17 heavy (non-hydrogen) atoms. The third kappa shape index (κ3) is 3.56. The van der Waals surface area contributed by atoms with Crippen LogP contribution in [0.3, 0.4) is 0 Å². The van der Waals surface area contributed by atoms with E-state index in [2.05, 4.69) is 49.0 Å². The molecular weight excluding hydrogens is 210 g/mol. The van der Waals surface area contributed by atoms with Gasteiger partial charge in [0.05, 0.1) is 11.7 Å². The van der Waals surface area contributed by atoms with Crippen molar-refractivity contribution in [3.8, 4) is 0 Å². The van der Waals surface area contributed by atoms with Gasteiger partial charge in [-0.25, -0.2) is 0 Å². The Balaban J connectivity index is 2.87. The minimum atomic E-state index is 0.442. The number of nitrogens with zero attached hydrogens (tertiary/aromatic N) is 2. The Kier molecular flexibility index (Phi) is 6.27. The molecule has 1 unspecified atom stereocenters. The van der Waals surface area contributed by atoms with Crippen LogP contribution in [0.25, 0.3) is 0 Å². The van der Waals surface area contributed by atoms with Crippen molar-refractivity contribution in [3.63, 3.8) is 0 Å². The predicted octanol–water partition coefficient (Wildman–Crippen LogP) is 3.38. The van der Waals surface area contributed by atoms with Crippen molar-refractivity contribution in [2.24, 2.45) is 5.92 Å². The monoisotopic (exact) mass is 237 g/mol. The third-order valence-corrected chi connectivity index (χ3v) is 3.47. The van der Waals surface area contributed by atoms with Crippen LogP contribution in [-0.2, 0) is 6.54 Å². The Morgan fingerprint density at radius 2 is 1.88 bits per heavy atom. The standard InChI is InChI=1S/C14H27N3/c1-5-8-12(9-6-2)14(15-4)13-10-11-16-17(13)7-3/h10-12,14-15H,5-9H2,1-4H3. The second-order valence-electron chi connectivity index (χ2n) is 4.68. The largest absolute Gasteiger partial charge is 0.311 e. The van der Waals surface area contributed by atoms with Crippen LogP contribution in [0.15, 0.2) is 12.3 Å². The molecule has 0 saturated heterocycles. The highest BCUT2D eigenvalue weighted by Crippen LogP contribution is 2.29. The smallest absolute Gasteiger partial charge is 0.0556 e. The van der Waals surface area contributed by atoms with Crippen LogP contribution in [0.5, 0.6) is 0 Å². The molecule has 1 N–H and O–H groups in total. The quantitative estimate of drug-likeness (QED) is 0.751. The molecule has 0 bridgehead atoms. The topological polar surface area (TPSA) is 29.9 Å². The van der Waals surface area contributed by atoms with E-state index in [1.165, 1.54) is 31.4 Å². The molecule has 0 aliphatic rings. The molecule has 0 spiro atoms. The maximum Gasteiger partial charge on any atom is 0.0556 e. The van der Waals surface area contributed by atoms with Gasteiger partial charge in [0.25, 0.3) is 0 Å². The van der Waals surface area contributed by atoms with Crippen LogP contribution in [0.4, 0.5) is 0 Å². The first kappa shape index (κ1) is 14.2. The Morgan fingerprint density at radius 3 is 2.35 bits per heavy atom. The Labute approximate surface area is 106 Å². The Morgan fingerprint density at radius 1 is 1.24 bits per heavy atom. The molecule has 98 valence electrons. The highest BCUT2D eigenvalue weighted by molar-refractivity contribution is 5.08. The van der Waals surface area contributed by atoms with Gasteiger partial charge >= 0.3 is 0 Å². The van der Waals surface area contributed by atoms with Crippen molar-refractivity contribution >= 4 is 0 Å². The lowest BCUT2D eigenvalue weighted by Crippen LogP contribution is -2.27. The fourth-order valence-corrected chi connectivity index (χ4v) is 2.72. The van der Waals surface area contributed by atoms with Crippen molar-refractivity contribution in [2.45, 2.75) is 59.0 Å². The normalized spacial score (nSPS) is 13.2. The SMILES string of the molecule is CCCC(CCC)C(NC)c1ccnn1CC. The lowest BCUT2D eigenvalue weighted by atomic mass is 9.88. The summed E-state index contributed by atoms with van der Waals surface area (Å²) in [7, 11) is 2.07. The zero-order valence-electron chi connectivity index (χ0n) is 11.7. The fraction of sp³-hybridized carbons (Fsp3) is 0.786. The van der Waals surface area contributed by atoms with Crippen molar-refractivity contribution in [1.29, 1.82) is 0 Å². The van der Waals surface area contributed by atoms with Crippen molar-refractivity contribution in [2.75, 3.05) is 7.05 Å². The zero-order chi connectivity index (χ0) is 12.7. The summed E-state index contributed by atoms with van der Waals surface area (Å²) >= 11 is 0. The van der Waals surface area contributed by atoms with Gasteiger partial charge in [-0.2, -0.15) is 5.10 Å². The van der Waals surface area contributed by atoms with E-state index in [-0.39, 0.29) is 0 Å². The molecule has 1 heterocycles. The van der Waals surface area contributed by atoms with Gasteiger partial charge in [0.15, 0.2) is 0 Å². The summed E-state index contributed by atoms with van der Waals surface area (Å²) in [5.74, 6) is 0.719. The maximum atomic E-state index is 4.38. The van der Waals surface area contributed by atoms with E-state index in [9.17, 15) is 0 Å². The van der Waals surface area contributed by atoms with Gasteiger partial charge in [-0.3, -0.25) is 4.68 Å². The number of aryl methyl sites for hydroxylation is 1. The van der Waals surface area contributed by atoms with Gasteiger partial charge in [0.1, 0.15) is 0 Å². The second-order valence-corrected chi connectivity index (χ2v) is 4.68. The second kappa shape index (κ2) is 7.49. The average molecular weight is 237 g/mol. The van der Waals surface area contributed by atoms with E-state index in [4.69, 9.17) is 0 Å². The number of aromatic nitrogens is 2. The van der Waals surface area contributed by atoms with Gasteiger partial charge in [-0.05, 0) is 38.8 Å². The van der Waals surface area contributed by atoms with Crippen LogP contribution in [0.1, 0.15) is 58.2 Å². The van der Waals surface area contributed by atoms with Crippen LogP contribution in [0, 0.1) is 5.92 Å². The van der Waals surface area contributed by atoms with Gasteiger partial charge in [-0.1, -0.05) is 26.7 Å². The van der Waals surface area contributed by atoms with E-state index in [0.29, 0.717) is 6.04 Å². The predicted molar refractivity (Wildman–Crippen MR) is 73.0 cm³/mol. The summed E-state index contributed by atoms with van der Waals surface area (Å²) in [6, 6.07) is 2.60. The molecule has 0 radical (unpaired) electrons. The summed E-state index contributed by atoms with van der Waals surface area (Å²) in [4.78, 5) is 0. The highest BCUT2D eigenvalue weighted by Gasteiger charge is 2.22. The lowest BCUT2D eigenvalue weighted by molar-refractivity contribution is 0.315. The van der Waals surface area contributed by atoms with E-state index < -0.39 is 0 Å². The number of hydrogen-bond acceptors (Lipinski definition) is 2. The summed E-state index contributed by atoms with van der Waals surface area (Å²) < 4.78 is 2.11. The van der Waals surface area contributed by atoms with Crippen LogP contribution in [-0.4, -0.2) is 16.8 Å². The minimum absolute atomic E-state index is 0.442. The van der Waals surface area contributed by atoms with Crippen LogP contribution < -0.4 is 5.32 Å². The molecule has 1 aromatic rings. The Bertz CT molecular complexity index is 300. The van der Waals surface area contributed by atoms with Crippen LogP contribution >= 0.6 is 0 Å². The molecule has 0 saturated carbocycles. The van der Waals surface area contributed by atoms with E-state index in [0.717, 1.165) is 12.5 Å². The van der Waals surface area contributed by atoms with Crippen molar-refractivity contribution in [3.05, 3.63) is 18.0 Å². The molecule has 0 aromatic carbocycles. The van der Waals surface area contributed by atoms with E-state index in [1.54, 1.807) is 0 Å². The third-order valence-electron chi connectivity index (χ3n) is 3.47. The number of hydrogen-bond donors (Lipinski definition) is 1. The van der Waals surface area contributed by atoms with E-state index >= 15 is 0 Å². The summed E-state index contributed by atoms with van der Waals surface area (Å²) in [6.45, 7) is 7.64. The fourth-order valence-electron chi connectivity index (χ4n) is 2.72. The number of rotatable bonds is 8. The highest BCUT2D eigenvalue weighted by atomic mass is 15.3. The first-order chi connectivity index (χ1) is 8.28.